The highest BCUT2D eigenvalue weighted by Gasteiger charge is 2.14. The molecule has 1 saturated heterocycles. The van der Waals surface area contributed by atoms with Gasteiger partial charge in [0, 0.05) is 24.6 Å². The number of para-hydroxylation sites is 1. The van der Waals surface area contributed by atoms with Gasteiger partial charge in [-0.2, -0.15) is 0 Å². The molecule has 0 aliphatic carbocycles. The average molecular weight is 348 g/mol. The van der Waals surface area contributed by atoms with Crippen molar-refractivity contribution < 1.29 is 18.7 Å². The second kappa shape index (κ2) is 7.55. The van der Waals surface area contributed by atoms with Crippen molar-refractivity contribution in [3.63, 3.8) is 0 Å². The fourth-order valence-electron chi connectivity index (χ4n) is 2.50. The van der Waals surface area contributed by atoms with Gasteiger partial charge in [0.25, 0.3) is 0 Å². The monoisotopic (exact) mass is 347 g/mol. The van der Waals surface area contributed by atoms with Crippen molar-refractivity contribution in [2.24, 2.45) is 0 Å². The first-order valence-corrected chi connectivity index (χ1v) is 8.04. The number of amides is 1. The number of furan rings is 1. The minimum absolute atomic E-state index is 0.0507. The Labute approximate surface area is 145 Å². The average Bonchev–Trinajstić information content (AvgIpc) is 3.06. The molecule has 1 amide bonds. The molecule has 5 nitrogen and oxygen atoms in total. The van der Waals surface area contributed by atoms with Gasteiger partial charge >= 0.3 is 0 Å². The first-order chi connectivity index (χ1) is 11.7. The molecule has 6 heteroatoms. The third-order valence-electron chi connectivity index (χ3n) is 3.77. The number of morpholine rings is 1. The number of fused-ring (bicyclic) bond motifs is 1. The first-order valence-electron chi connectivity index (χ1n) is 7.66. The van der Waals surface area contributed by atoms with Crippen LogP contribution in [0.2, 0.25) is 0 Å². The Bertz CT molecular complexity index is 787. The highest BCUT2D eigenvalue weighted by atomic mass is 35.5. The van der Waals surface area contributed by atoms with Crippen molar-refractivity contribution in [1.82, 2.24) is 4.90 Å². The van der Waals surface area contributed by atoms with Crippen molar-refractivity contribution in [2.75, 3.05) is 33.4 Å². The van der Waals surface area contributed by atoms with Gasteiger partial charge in [-0.15, -0.1) is 0 Å². The Hall–Kier alpha value is -2.24. The van der Waals surface area contributed by atoms with E-state index in [1.54, 1.807) is 24.2 Å². The van der Waals surface area contributed by atoms with E-state index in [9.17, 15) is 4.79 Å². The molecule has 24 heavy (non-hydrogen) atoms. The largest absolute Gasteiger partial charge is 0.493 e. The number of carbonyl (C=O) groups excluding carboxylic acids is 1. The van der Waals surface area contributed by atoms with Crippen LogP contribution in [0.15, 0.2) is 46.9 Å². The molecule has 0 N–H and O–H groups in total. The Balaban J connectivity index is 1.73. The van der Waals surface area contributed by atoms with E-state index >= 15 is 0 Å². The molecule has 0 unspecified atom stereocenters. The summed E-state index contributed by atoms with van der Waals surface area (Å²) in [6.45, 7) is 2.39. The highest BCUT2D eigenvalue weighted by Crippen LogP contribution is 2.32. The van der Waals surface area contributed by atoms with E-state index in [-0.39, 0.29) is 5.91 Å². The predicted octanol–water partition coefficient (Wildman–Crippen LogP) is 3.44. The zero-order valence-corrected chi connectivity index (χ0v) is 14.1. The second-order valence-electron chi connectivity index (χ2n) is 5.30. The van der Waals surface area contributed by atoms with Gasteiger partial charge in [0.1, 0.15) is 5.76 Å². The summed E-state index contributed by atoms with van der Waals surface area (Å²) in [4.78, 5) is 13.8. The maximum absolute atomic E-state index is 12.0. The molecular formula is C18H18ClNO4. The van der Waals surface area contributed by atoms with Crippen molar-refractivity contribution in [3.05, 3.63) is 48.3 Å². The van der Waals surface area contributed by atoms with Crippen LogP contribution in [0.1, 0.15) is 5.76 Å². The third kappa shape index (κ3) is 3.63. The van der Waals surface area contributed by atoms with E-state index in [2.05, 4.69) is 0 Å². The van der Waals surface area contributed by atoms with Crippen molar-refractivity contribution in [2.45, 2.75) is 0 Å². The highest BCUT2D eigenvalue weighted by molar-refractivity contribution is 6.48. The lowest BCUT2D eigenvalue weighted by Crippen LogP contribution is -2.39. The minimum atomic E-state index is -0.0507. The zero-order chi connectivity index (χ0) is 16.9. The van der Waals surface area contributed by atoms with E-state index < -0.39 is 0 Å². The maximum atomic E-state index is 12.0. The molecule has 0 bridgehead atoms. The summed E-state index contributed by atoms with van der Waals surface area (Å²) < 4.78 is 16.2. The summed E-state index contributed by atoms with van der Waals surface area (Å²) in [6.07, 6.45) is 4.77. The molecule has 0 atom stereocenters. The van der Waals surface area contributed by atoms with E-state index in [1.165, 1.54) is 6.08 Å². The van der Waals surface area contributed by atoms with Crippen LogP contribution in [0, 0.1) is 0 Å². The van der Waals surface area contributed by atoms with Crippen molar-refractivity contribution >= 4 is 33.5 Å². The van der Waals surface area contributed by atoms with Gasteiger partial charge in [-0.3, -0.25) is 4.79 Å². The SMILES string of the molecule is COc1cccc2cc(/C(Cl)=C\C=C\C(=O)N3CCOCC3)oc12. The summed E-state index contributed by atoms with van der Waals surface area (Å²) in [5.74, 6) is 1.13. The van der Waals surface area contributed by atoms with Gasteiger partial charge in [-0.25, -0.2) is 0 Å². The summed E-state index contributed by atoms with van der Waals surface area (Å²) in [5.41, 5.74) is 0.648. The molecule has 0 saturated carbocycles. The van der Waals surface area contributed by atoms with Crippen LogP contribution in [0.4, 0.5) is 0 Å². The topological polar surface area (TPSA) is 51.9 Å². The van der Waals surface area contributed by atoms with Crippen LogP contribution >= 0.6 is 11.6 Å². The lowest BCUT2D eigenvalue weighted by Gasteiger charge is -2.25. The molecule has 1 aromatic heterocycles. The van der Waals surface area contributed by atoms with Crippen LogP contribution in [0.5, 0.6) is 5.75 Å². The number of methoxy groups -OCH3 is 1. The summed E-state index contributed by atoms with van der Waals surface area (Å²) in [7, 11) is 1.59. The zero-order valence-electron chi connectivity index (χ0n) is 13.3. The molecule has 2 aromatic rings. The number of rotatable bonds is 4. The number of hydrogen-bond donors (Lipinski definition) is 0. The second-order valence-corrected chi connectivity index (χ2v) is 5.71. The number of halogens is 1. The Morgan fingerprint density at radius 3 is 2.88 bits per heavy atom. The van der Waals surface area contributed by atoms with Crippen molar-refractivity contribution in [3.8, 4) is 5.75 Å². The molecule has 2 heterocycles. The van der Waals surface area contributed by atoms with Gasteiger partial charge in [0.05, 0.1) is 25.4 Å². The molecular weight excluding hydrogens is 330 g/mol. The number of benzene rings is 1. The van der Waals surface area contributed by atoms with E-state index in [4.69, 9.17) is 25.5 Å². The normalized spacial score (nSPS) is 16.1. The van der Waals surface area contributed by atoms with Crippen LogP contribution < -0.4 is 4.74 Å². The summed E-state index contributed by atoms with van der Waals surface area (Å²) in [6, 6.07) is 7.48. The van der Waals surface area contributed by atoms with Crippen molar-refractivity contribution in [1.29, 1.82) is 0 Å². The van der Waals surface area contributed by atoms with Gasteiger partial charge in [0.15, 0.2) is 11.3 Å². The van der Waals surface area contributed by atoms with Crippen LogP contribution in [-0.2, 0) is 9.53 Å². The lowest BCUT2D eigenvalue weighted by molar-refractivity contribution is -0.129. The maximum Gasteiger partial charge on any atom is 0.246 e. The van der Waals surface area contributed by atoms with Gasteiger partial charge < -0.3 is 18.8 Å². The standard InChI is InChI=1S/C18H18ClNO4/c1-22-15-6-2-4-13-12-16(24-18(13)15)14(19)5-3-7-17(21)20-8-10-23-11-9-20/h2-7,12H,8-11H2,1H3/b7-3+,14-5+. The Morgan fingerprint density at radius 2 is 2.12 bits per heavy atom. The number of hydrogen-bond acceptors (Lipinski definition) is 4. The lowest BCUT2D eigenvalue weighted by atomic mass is 10.2. The van der Waals surface area contributed by atoms with Gasteiger partial charge in [-0.1, -0.05) is 29.8 Å². The fraction of sp³-hybridized carbons (Fsp3) is 0.278. The van der Waals surface area contributed by atoms with E-state index in [1.807, 2.05) is 24.3 Å². The molecule has 1 aliphatic heterocycles. The number of ether oxygens (including phenoxy) is 2. The molecule has 3 rings (SSSR count). The predicted molar refractivity (Wildman–Crippen MR) is 93.1 cm³/mol. The third-order valence-corrected chi connectivity index (χ3v) is 4.08. The van der Waals surface area contributed by atoms with E-state index in [0.717, 1.165) is 5.39 Å². The minimum Gasteiger partial charge on any atom is -0.493 e. The van der Waals surface area contributed by atoms with Crippen LogP contribution in [0.25, 0.3) is 16.0 Å². The fourth-order valence-corrected chi connectivity index (χ4v) is 2.67. The molecule has 126 valence electrons. The Morgan fingerprint density at radius 1 is 1.33 bits per heavy atom. The smallest absolute Gasteiger partial charge is 0.246 e. The summed E-state index contributed by atoms with van der Waals surface area (Å²) in [5, 5.41) is 1.32. The van der Waals surface area contributed by atoms with Gasteiger partial charge in [0.2, 0.25) is 5.91 Å². The van der Waals surface area contributed by atoms with E-state index in [0.29, 0.717) is 48.4 Å². The first kappa shape index (κ1) is 16.6. The Kier molecular flexibility index (Phi) is 5.23. The molecule has 1 fully saturated rings. The van der Waals surface area contributed by atoms with Crippen LogP contribution in [-0.4, -0.2) is 44.2 Å². The van der Waals surface area contributed by atoms with Gasteiger partial charge in [-0.05, 0) is 18.2 Å². The number of carbonyl (C=O) groups is 1. The molecule has 0 spiro atoms. The molecule has 1 aliphatic rings. The van der Waals surface area contributed by atoms with Crippen LogP contribution in [0.3, 0.4) is 0 Å². The number of allylic oxidation sites excluding steroid dienone is 2. The molecule has 1 aromatic carbocycles. The summed E-state index contributed by atoms with van der Waals surface area (Å²) >= 11 is 6.27. The number of nitrogens with zero attached hydrogens (tertiary/aromatic N) is 1. The molecule has 0 radical (unpaired) electrons. The quantitative estimate of drug-likeness (QED) is 0.628.